The number of amides is 2. The number of carbonyl (C=O) groups is 3. The van der Waals surface area contributed by atoms with Gasteiger partial charge in [-0.05, 0) is 19.2 Å². The molecule has 0 bridgehead atoms. The van der Waals surface area contributed by atoms with E-state index in [0.717, 1.165) is 13.1 Å². The zero-order chi connectivity index (χ0) is 21.7. The van der Waals surface area contributed by atoms with E-state index in [2.05, 4.69) is 15.6 Å². The average Bonchev–Trinajstić information content (AvgIpc) is 3.05. The van der Waals surface area contributed by atoms with Crippen molar-refractivity contribution in [3.63, 3.8) is 0 Å². The largest absolute Gasteiger partial charge is 0.466 e. The topological polar surface area (TPSA) is 114 Å². The number of anilines is 1. The number of methoxy groups -OCH3 is 1. The molecule has 0 aliphatic carbocycles. The van der Waals surface area contributed by atoms with Crippen LogP contribution in [0.3, 0.4) is 0 Å². The van der Waals surface area contributed by atoms with Crippen molar-refractivity contribution >= 4 is 23.5 Å². The first-order chi connectivity index (χ1) is 14.4. The lowest BCUT2D eigenvalue weighted by Crippen LogP contribution is -2.52. The number of β-amino-alcohol motifs (C(OH)–C–C–N with tert-alkyl or cyclic N) is 1. The zero-order valence-electron chi connectivity index (χ0n) is 17.2. The molecule has 2 heterocycles. The molecular formula is C20H27N5O5. The minimum Gasteiger partial charge on any atom is -0.466 e. The minimum atomic E-state index is -0.634. The van der Waals surface area contributed by atoms with Crippen LogP contribution in [0.15, 0.2) is 35.5 Å². The number of rotatable bonds is 7. The molecule has 2 aliphatic heterocycles. The van der Waals surface area contributed by atoms with Gasteiger partial charge in [-0.1, -0.05) is 12.1 Å². The predicted molar refractivity (Wildman–Crippen MR) is 109 cm³/mol. The van der Waals surface area contributed by atoms with Gasteiger partial charge in [0.05, 0.1) is 37.1 Å². The summed E-state index contributed by atoms with van der Waals surface area (Å²) in [5.74, 6) is -1.37. The molecule has 0 saturated carbocycles. The number of piperazine rings is 1. The molecule has 1 aromatic rings. The van der Waals surface area contributed by atoms with Gasteiger partial charge in [0.2, 0.25) is 0 Å². The fourth-order valence-corrected chi connectivity index (χ4v) is 3.40. The lowest BCUT2D eigenvalue weighted by Gasteiger charge is -2.32. The number of hydrogen-bond acceptors (Lipinski definition) is 8. The number of aliphatic hydroxyl groups excluding tert-OH is 1. The summed E-state index contributed by atoms with van der Waals surface area (Å²) >= 11 is 0. The Bertz CT molecular complexity index is 848. The number of para-hydroxylation sites is 1. The third-order valence-electron chi connectivity index (χ3n) is 5.15. The van der Waals surface area contributed by atoms with E-state index in [9.17, 15) is 19.5 Å². The number of carbonyl (C=O) groups excluding carboxylic acids is 3. The molecule has 2 aliphatic rings. The number of hydrogen-bond donors (Lipinski definition) is 3. The fraction of sp³-hybridized carbons (Fsp3) is 0.450. The smallest absolute Gasteiger partial charge is 0.337 e. The quantitative estimate of drug-likeness (QED) is 0.497. The van der Waals surface area contributed by atoms with E-state index >= 15 is 0 Å². The Morgan fingerprint density at radius 2 is 1.87 bits per heavy atom. The SMILES string of the molecule is COC(=O)C1=C(Nc2ccccc2C(=O)NN2CCN(C)CC2)C(=O)N(CCO)C1. The highest BCUT2D eigenvalue weighted by Gasteiger charge is 2.35. The second-order valence-electron chi connectivity index (χ2n) is 7.20. The molecule has 0 spiro atoms. The highest BCUT2D eigenvalue weighted by atomic mass is 16.5. The standard InChI is InChI=1S/C20H27N5O5/c1-23-7-9-25(10-8-23)22-18(27)14-5-3-4-6-16(14)21-17-15(20(29)30-2)13-24(11-12-26)19(17)28/h3-6,21,26H,7-13H2,1-2H3,(H,22,27). The number of benzene rings is 1. The van der Waals surface area contributed by atoms with Gasteiger partial charge in [0.1, 0.15) is 5.70 Å². The molecule has 0 aromatic heterocycles. The van der Waals surface area contributed by atoms with Crippen LogP contribution in [0, 0.1) is 0 Å². The van der Waals surface area contributed by atoms with E-state index in [-0.39, 0.29) is 36.9 Å². The first kappa shape index (κ1) is 21.8. The monoisotopic (exact) mass is 417 g/mol. The van der Waals surface area contributed by atoms with Gasteiger partial charge in [-0.3, -0.25) is 15.0 Å². The summed E-state index contributed by atoms with van der Waals surface area (Å²) in [7, 11) is 3.27. The average molecular weight is 417 g/mol. The van der Waals surface area contributed by atoms with Gasteiger partial charge in [-0.25, -0.2) is 9.80 Å². The summed E-state index contributed by atoms with van der Waals surface area (Å²) in [6.45, 7) is 3.03. The highest BCUT2D eigenvalue weighted by Crippen LogP contribution is 2.25. The van der Waals surface area contributed by atoms with Gasteiger partial charge < -0.3 is 25.0 Å². The van der Waals surface area contributed by atoms with Gasteiger partial charge in [0, 0.05) is 32.7 Å². The third-order valence-corrected chi connectivity index (χ3v) is 5.15. The Hall–Kier alpha value is -2.95. The van der Waals surface area contributed by atoms with Crippen molar-refractivity contribution in [2.75, 3.05) is 65.3 Å². The zero-order valence-corrected chi connectivity index (χ0v) is 17.2. The van der Waals surface area contributed by atoms with Gasteiger partial charge >= 0.3 is 5.97 Å². The molecule has 0 atom stereocenters. The van der Waals surface area contributed by atoms with Gasteiger partial charge in [0.25, 0.3) is 11.8 Å². The van der Waals surface area contributed by atoms with Crippen LogP contribution >= 0.6 is 0 Å². The van der Waals surface area contributed by atoms with Crippen molar-refractivity contribution in [3.8, 4) is 0 Å². The summed E-state index contributed by atoms with van der Waals surface area (Å²) in [6.07, 6.45) is 0. The number of likely N-dealkylation sites (N-methyl/N-ethyl adjacent to an activating group) is 1. The van der Waals surface area contributed by atoms with Crippen LogP contribution in [-0.2, 0) is 14.3 Å². The Balaban J connectivity index is 1.81. The van der Waals surface area contributed by atoms with Crippen molar-refractivity contribution in [2.45, 2.75) is 0 Å². The number of hydrazine groups is 1. The Labute approximate surface area is 175 Å². The Morgan fingerprint density at radius 3 is 2.53 bits per heavy atom. The second kappa shape index (κ2) is 9.70. The molecule has 0 unspecified atom stereocenters. The predicted octanol–water partition coefficient (Wildman–Crippen LogP) is -0.748. The number of nitrogens with zero attached hydrogens (tertiary/aromatic N) is 3. The van der Waals surface area contributed by atoms with E-state index in [1.165, 1.54) is 12.0 Å². The molecule has 1 fully saturated rings. The van der Waals surface area contributed by atoms with Gasteiger partial charge in [-0.15, -0.1) is 0 Å². The van der Waals surface area contributed by atoms with Crippen molar-refractivity contribution in [1.29, 1.82) is 0 Å². The first-order valence-electron chi connectivity index (χ1n) is 9.76. The Morgan fingerprint density at radius 1 is 1.17 bits per heavy atom. The molecule has 30 heavy (non-hydrogen) atoms. The Kier molecular flexibility index (Phi) is 7.03. The second-order valence-corrected chi connectivity index (χ2v) is 7.20. The molecular weight excluding hydrogens is 390 g/mol. The number of esters is 1. The summed E-state index contributed by atoms with van der Waals surface area (Å²) < 4.78 is 4.80. The van der Waals surface area contributed by atoms with Crippen molar-refractivity contribution < 1.29 is 24.2 Å². The van der Waals surface area contributed by atoms with E-state index in [0.29, 0.717) is 24.3 Å². The lowest BCUT2D eigenvalue weighted by molar-refractivity contribution is -0.136. The van der Waals surface area contributed by atoms with E-state index < -0.39 is 11.9 Å². The van der Waals surface area contributed by atoms with E-state index in [1.807, 2.05) is 12.1 Å². The number of aliphatic hydroxyl groups is 1. The fourth-order valence-electron chi connectivity index (χ4n) is 3.40. The van der Waals surface area contributed by atoms with E-state index in [4.69, 9.17) is 4.74 Å². The van der Waals surface area contributed by atoms with Gasteiger partial charge in [-0.2, -0.15) is 0 Å². The van der Waals surface area contributed by atoms with Crippen LogP contribution in [-0.4, -0.2) is 97.7 Å². The summed E-state index contributed by atoms with van der Waals surface area (Å²) in [5.41, 5.74) is 3.86. The van der Waals surface area contributed by atoms with Gasteiger partial charge in [0.15, 0.2) is 0 Å². The minimum absolute atomic E-state index is 0.0318. The first-order valence-corrected chi connectivity index (χ1v) is 9.76. The summed E-state index contributed by atoms with van der Waals surface area (Å²) in [4.78, 5) is 41.3. The summed E-state index contributed by atoms with van der Waals surface area (Å²) in [6, 6.07) is 6.78. The maximum Gasteiger partial charge on any atom is 0.337 e. The van der Waals surface area contributed by atoms with Crippen LogP contribution in [0.2, 0.25) is 0 Å². The van der Waals surface area contributed by atoms with Crippen LogP contribution in [0.5, 0.6) is 0 Å². The van der Waals surface area contributed by atoms with Crippen LogP contribution < -0.4 is 10.7 Å². The van der Waals surface area contributed by atoms with E-state index in [1.54, 1.807) is 24.3 Å². The molecule has 1 aromatic carbocycles. The third kappa shape index (κ3) is 4.78. The molecule has 10 heteroatoms. The molecule has 2 amide bonds. The maximum atomic E-state index is 12.9. The molecule has 162 valence electrons. The molecule has 3 N–H and O–H groups in total. The normalized spacial score (nSPS) is 18.0. The molecule has 3 rings (SSSR count). The number of nitrogens with one attached hydrogen (secondary N) is 2. The van der Waals surface area contributed by atoms with Crippen molar-refractivity contribution in [1.82, 2.24) is 20.2 Å². The lowest BCUT2D eigenvalue weighted by atomic mass is 10.1. The highest BCUT2D eigenvalue weighted by molar-refractivity contribution is 6.09. The van der Waals surface area contributed by atoms with Crippen molar-refractivity contribution in [3.05, 3.63) is 41.1 Å². The van der Waals surface area contributed by atoms with Crippen molar-refractivity contribution in [2.24, 2.45) is 0 Å². The van der Waals surface area contributed by atoms with Crippen LogP contribution in [0.1, 0.15) is 10.4 Å². The molecule has 0 radical (unpaired) electrons. The van der Waals surface area contributed by atoms with Crippen LogP contribution in [0.25, 0.3) is 0 Å². The molecule has 10 nitrogen and oxygen atoms in total. The number of ether oxygens (including phenoxy) is 1. The summed E-state index contributed by atoms with van der Waals surface area (Å²) in [5, 5.41) is 14.0. The molecule has 1 saturated heterocycles. The van der Waals surface area contributed by atoms with Crippen LogP contribution in [0.4, 0.5) is 5.69 Å². The maximum absolute atomic E-state index is 12.9.